The van der Waals surface area contributed by atoms with E-state index in [1.165, 1.54) is 10.4 Å². The fraction of sp³-hybridized carbons (Fsp3) is 0.526. The first-order chi connectivity index (χ1) is 11.7. The quantitative estimate of drug-likeness (QED) is 0.797. The summed E-state index contributed by atoms with van der Waals surface area (Å²) >= 11 is 1.82. The zero-order valence-electron chi connectivity index (χ0n) is 15.1. The van der Waals surface area contributed by atoms with E-state index in [0.29, 0.717) is 11.8 Å². The molecule has 2 heterocycles. The summed E-state index contributed by atoms with van der Waals surface area (Å²) < 4.78 is 0. The summed E-state index contributed by atoms with van der Waals surface area (Å²) in [6.45, 7) is 10.3. The number of aromatic nitrogens is 1. The minimum atomic E-state index is 0. The van der Waals surface area contributed by atoms with Crippen LogP contribution in [-0.4, -0.2) is 42.6 Å². The molecule has 1 aromatic carbocycles. The predicted molar refractivity (Wildman–Crippen MR) is 110 cm³/mol. The molecule has 1 saturated heterocycles. The largest absolute Gasteiger partial charge is 0.349 e. The molecule has 0 saturated carbocycles. The smallest absolute Gasteiger partial charge is 0.185 e. The highest BCUT2D eigenvalue weighted by molar-refractivity contribution is 7.15. The SMILES string of the molecule is CCN(CC)c1ncc(CN2C[C@@H](CN)[C@H](c3ccccc3)C2)s1.Cl. The van der Waals surface area contributed by atoms with Crippen molar-refractivity contribution < 1.29 is 0 Å². The van der Waals surface area contributed by atoms with Crippen molar-refractivity contribution in [3.8, 4) is 0 Å². The number of rotatable bonds is 7. The van der Waals surface area contributed by atoms with Crippen molar-refractivity contribution in [3.05, 3.63) is 47.0 Å². The van der Waals surface area contributed by atoms with E-state index in [1.54, 1.807) is 0 Å². The van der Waals surface area contributed by atoms with Crippen molar-refractivity contribution in [2.24, 2.45) is 11.7 Å². The molecule has 0 radical (unpaired) electrons. The molecule has 6 heteroatoms. The number of halogens is 1. The van der Waals surface area contributed by atoms with Gasteiger partial charge in [-0.1, -0.05) is 30.3 Å². The summed E-state index contributed by atoms with van der Waals surface area (Å²) in [6, 6.07) is 10.8. The summed E-state index contributed by atoms with van der Waals surface area (Å²) in [6.07, 6.45) is 2.05. The lowest BCUT2D eigenvalue weighted by atomic mass is 9.89. The fourth-order valence-corrected chi connectivity index (χ4v) is 4.72. The Balaban J connectivity index is 0.00000225. The van der Waals surface area contributed by atoms with Crippen LogP contribution in [0.3, 0.4) is 0 Å². The lowest BCUT2D eigenvalue weighted by molar-refractivity contribution is 0.319. The maximum absolute atomic E-state index is 6.05. The number of thiazole rings is 1. The number of hydrogen-bond acceptors (Lipinski definition) is 5. The van der Waals surface area contributed by atoms with Crippen LogP contribution in [0, 0.1) is 5.92 Å². The number of hydrogen-bond donors (Lipinski definition) is 1. The molecule has 1 aliphatic rings. The van der Waals surface area contributed by atoms with E-state index in [0.717, 1.165) is 44.4 Å². The Labute approximate surface area is 161 Å². The van der Waals surface area contributed by atoms with Crippen LogP contribution in [0.15, 0.2) is 36.5 Å². The van der Waals surface area contributed by atoms with Crippen LogP contribution in [-0.2, 0) is 6.54 Å². The molecule has 0 bridgehead atoms. The molecule has 2 aromatic rings. The molecule has 4 nitrogen and oxygen atoms in total. The van der Waals surface area contributed by atoms with Crippen molar-refractivity contribution in [2.45, 2.75) is 26.3 Å². The van der Waals surface area contributed by atoms with Gasteiger partial charge in [0.05, 0.1) is 0 Å². The number of likely N-dealkylation sites (tertiary alicyclic amines) is 1. The van der Waals surface area contributed by atoms with E-state index in [-0.39, 0.29) is 12.4 Å². The topological polar surface area (TPSA) is 45.4 Å². The third kappa shape index (κ3) is 4.73. The molecule has 1 aliphatic heterocycles. The van der Waals surface area contributed by atoms with Crippen molar-refractivity contribution in [1.29, 1.82) is 0 Å². The molecular formula is C19H29ClN4S. The second-order valence-electron chi connectivity index (χ2n) is 6.49. The summed E-state index contributed by atoms with van der Waals surface area (Å²) in [5.41, 5.74) is 7.47. The number of nitrogens with zero attached hydrogens (tertiary/aromatic N) is 3. The van der Waals surface area contributed by atoms with Crippen molar-refractivity contribution in [3.63, 3.8) is 0 Å². The third-order valence-corrected chi connectivity index (χ3v) is 6.04. The van der Waals surface area contributed by atoms with Crippen LogP contribution < -0.4 is 10.6 Å². The summed E-state index contributed by atoms with van der Waals surface area (Å²) in [5, 5.41) is 1.14. The van der Waals surface area contributed by atoms with Gasteiger partial charge >= 0.3 is 0 Å². The molecule has 1 fully saturated rings. The molecule has 138 valence electrons. The monoisotopic (exact) mass is 380 g/mol. The normalized spacial score (nSPS) is 20.4. The van der Waals surface area contributed by atoms with E-state index < -0.39 is 0 Å². The number of anilines is 1. The van der Waals surface area contributed by atoms with E-state index >= 15 is 0 Å². The number of nitrogens with two attached hydrogens (primary N) is 1. The maximum atomic E-state index is 6.05. The Hall–Kier alpha value is -1.14. The summed E-state index contributed by atoms with van der Waals surface area (Å²) in [5.74, 6) is 1.09. The van der Waals surface area contributed by atoms with Crippen LogP contribution in [0.25, 0.3) is 0 Å². The van der Waals surface area contributed by atoms with Gasteiger partial charge in [0.2, 0.25) is 0 Å². The molecule has 0 spiro atoms. The van der Waals surface area contributed by atoms with Crippen LogP contribution in [0.4, 0.5) is 5.13 Å². The van der Waals surface area contributed by atoms with Crippen molar-refractivity contribution in [1.82, 2.24) is 9.88 Å². The summed E-state index contributed by atoms with van der Waals surface area (Å²) in [4.78, 5) is 10.8. The Morgan fingerprint density at radius 2 is 1.92 bits per heavy atom. The molecule has 0 unspecified atom stereocenters. The average Bonchev–Trinajstić information content (AvgIpc) is 3.24. The van der Waals surface area contributed by atoms with E-state index in [2.05, 4.69) is 59.0 Å². The zero-order chi connectivity index (χ0) is 16.9. The standard InChI is InChI=1S/C19H28N4S.ClH/c1-3-23(4-2)19-21-11-17(24-19)13-22-12-16(10-20)18(14-22)15-8-6-5-7-9-15;/h5-9,11,16,18H,3-4,10,12-14,20H2,1-2H3;1H/t16-,18+;/m1./s1. The minimum absolute atomic E-state index is 0. The van der Waals surface area contributed by atoms with Gasteiger partial charge in [0.25, 0.3) is 0 Å². The van der Waals surface area contributed by atoms with Gasteiger partial charge in [-0.05, 0) is 31.9 Å². The second-order valence-corrected chi connectivity index (χ2v) is 7.58. The first kappa shape index (κ1) is 20.2. The van der Waals surface area contributed by atoms with Gasteiger partial charge in [0.15, 0.2) is 5.13 Å². The fourth-order valence-electron chi connectivity index (χ4n) is 3.64. The highest BCUT2D eigenvalue weighted by atomic mass is 35.5. The van der Waals surface area contributed by atoms with Crippen LogP contribution in [0.2, 0.25) is 0 Å². The molecule has 25 heavy (non-hydrogen) atoms. The maximum Gasteiger partial charge on any atom is 0.185 e. The van der Waals surface area contributed by atoms with Crippen molar-refractivity contribution >= 4 is 28.9 Å². The highest BCUT2D eigenvalue weighted by Gasteiger charge is 2.32. The van der Waals surface area contributed by atoms with Gasteiger partial charge in [-0.2, -0.15) is 0 Å². The Bertz CT molecular complexity index is 629. The van der Waals surface area contributed by atoms with Crippen LogP contribution >= 0.6 is 23.7 Å². The van der Waals surface area contributed by atoms with E-state index in [4.69, 9.17) is 5.73 Å². The van der Waals surface area contributed by atoms with Gasteiger partial charge in [-0.25, -0.2) is 4.98 Å². The first-order valence-electron chi connectivity index (χ1n) is 8.92. The molecule has 2 atom stereocenters. The Morgan fingerprint density at radius 1 is 1.20 bits per heavy atom. The van der Waals surface area contributed by atoms with Gasteiger partial charge in [-0.15, -0.1) is 23.7 Å². The van der Waals surface area contributed by atoms with E-state index in [1.807, 2.05) is 17.5 Å². The molecule has 3 rings (SSSR count). The highest BCUT2D eigenvalue weighted by Crippen LogP contribution is 2.33. The van der Waals surface area contributed by atoms with Gasteiger partial charge < -0.3 is 10.6 Å². The Kier molecular flexibility index (Phi) is 7.69. The molecule has 0 aliphatic carbocycles. The molecular weight excluding hydrogens is 352 g/mol. The van der Waals surface area contributed by atoms with Gasteiger partial charge in [-0.3, -0.25) is 4.90 Å². The lowest BCUT2D eigenvalue weighted by Gasteiger charge is -2.17. The first-order valence-corrected chi connectivity index (χ1v) is 9.73. The molecule has 1 aromatic heterocycles. The lowest BCUT2D eigenvalue weighted by Crippen LogP contribution is -2.23. The third-order valence-electron chi connectivity index (χ3n) is 5.00. The van der Waals surface area contributed by atoms with Crippen LogP contribution in [0.1, 0.15) is 30.2 Å². The predicted octanol–water partition coefficient (Wildman–Crippen LogP) is 3.59. The second kappa shape index (κ2) is 9.53. The number of benzene rings is 1. The van der Waals surface area contributed by atoms with Crippen molar-refractivity contribution in [2.75, 3.05) is 37.6 Å². The Morgan fingerprint density at radius 3 is 2.56 bits per heavy atom. The minimum Gasteiger partial charge on any atom is -0.349 e. The summed E-state index contributed by atoms with van der Waals surface area (Å²) in [7, 11) is 0. The van der Waals surface area contributed by atoms with E-state index in [9.17, 15) is 0 Å². The molecule has 2 N–H and O–H groups in total. The zero-order valence-corrected chi connectivity index (χ0v) is 16.7. The van der Waals surface area contributed by atoms with Gasteiger partial charge in [0.1, 0.15) is 0 Å². The average molecular weight is 381 g/mol. The van der Waals surface area contributed by atoms with Crippen LogP contribution in [0.5, 0.6) is 0 Å². The molecule has 0 amide bonds. The van der Waals surface area contributed by atoms with Gasteiger partial charge in [0, 0.05) is 49.7 Å².